The first kappa shape index (κ1) is 17.0. The summed E-state index contributed by atoms with van der Waals surface area (Å²) < 4.78 is 11.2. The fourth-order valence-corrected chi connectivity index (χ4v) is 1.77. The van der Waals surface area contributed by atoms with Crippen LogP contribution in [-0.4, -0.2) is 18.8 Å². The van der Waals surface area contributed by atoms with E-state index in [-0.39, 0.29) is 11.6 Å². The van der Waals surface area contributed by atoms with Crippen molar-refractivity contribution in [1.82, 2.24) is 5.32 Å². The van der Waals surface area contributed by atoms with Gasteiger partial charge in [0.15, 0.2) is 0 Å². The van der Waals surface area contributed by atoms with Gasteiger partial charge in [0.05, 0.1) is 19.8 Å². The molecule has 0 aliphatic rings. The van der Waals surface area contributed by atoms with Crippen LogP contribution in [0, 0.1) is 0 Å². The van der Waals surface area contributed by atoms with Crippen LogP contribution in [0.1, 0.15) is 52.2 Å². The lowest BCUT2D eigenvalue weighted by atomic mass is 10.1. The molecule has 0 heterocycles. The summed E-state index contributed by atoms with van der Waals surface area (Å²) in [5.74, 6) is 0.896. The standard InChI is InChI=1S/C17H29NO2/c1-7-13(2)20-12-15-10-14(8-9-16(15)19-6)11-18-17(3,4)5/h8-10,13,18H,7,11-12H2,1-6H3. The Bertz CT molecular complexity index is 410. The molecule has 1 aromatic carbocycles. The van der Waals surface area contributed by atoms with Crippen molar-refractivity contribution in [2.45, 2.75) is 65.8 Å². The molecule has 0 fully saturated rings. The highest BCUT2D eigenvalue weighted by Crippen LogP contribution is 2.22. The molecular weight excluding hydrogens is 250 g/mol. The maximum Gasteiger partial charge on any atom is 0.124 e. The zero-order chi connectivity index (χ0) is 15.2. The first-order valence-corrected chi connectivity index (χ1v) is 7.38. The zero-order valence-electron chi connectivity index (χ0n) is 13.7. The number of ether oxygens (including phenoxy) is 2. The summed E-state index contributed by atoms with van der Waals surface area (Å²) in [5, 5.41) is 3.50. The molecule has 0 saturated carbocycles. The van der Waals surface area contributed by atoms with Gasteiger partial charge in [-0.05, 0) is 51.8 Å². The average molecular weight is 279 g/mol. The van der Waals surface area contributed by atoms with E-state index in [1.54, 1.807) is 7.11 Å². The van der Waals surface area contributed by atoms with Gasteiger partial charge < -0.3 is 14.8 Å². The van der Waals surface area contributed by atoms with Crippen LogP contribution in [0.5, 0.6) is 5.75 Å². The minimum absolute atomic E-state index is 0.118. The highest BCUT2D eigenvalue weighted by Gasteiger charge is 2.10. The Labute approximate surface area is 123 Å². The highest BCUT2D eigenvalue weighted by atomic mass is 16.5. The van der Waals surface area contributed by atoms with E-state index in [2.05, 4.69) is 52.1 Å². The second-order valence-electron chi connectivity index (χ2n) is 6.28. The van der Waals surface area contributed by atoms with Crippen LogP contribution in [0.3, 0.4) is 0 Å². The molecule has 1 unspecified atom stereocenters. The second-order valence-corrected chi connectivity index (χ2v) is 6.28. The van der Waals surface area contributed by atoms with Crippen LogP contribution in [0.2, 0.25) is 0 Å². The van der Waals surface area contributed by atoms with Crippen molar-refractivity contribution in [3.8, 4) is 5.75 Å². The molecule has 114 valence electrons. The van der Waals surface area contributed by atoms with E-state index in [0.717, 1.165) is 24.3 Å². The molecule has 3 nitrogen and oxygen atoms in total. The van der Waals surface area contributed by atoms with Gasteiger partial charge in [-0.25, -0.2) is 0 Å². The third-order valence-corrected chi connectivity index (χ3v) is 3.27. The Morgan fingerprint density at radius 2 is 1.95 bits per heavy atom. The van der Waals surface area contributed by atoms with Crippen LogP contribution in [0.25, 0.3) is 0 Å². The normalized spacial score (nSPS) is 13.3. The molecule has 1 rings (SSSR count). The Balaban J connectivity index is 2.74. The monoisotopic (exact) mass is 279 g/mol. The van der Waals surface area contributed by atoms with Crippen LogP contribution in [-0.2, 0) is 17.9 Å². The lowest BCUT2D eigenvalue weighted by molar-refractivity contribution is 0.0497. The van der Waals surface area contributed by atoms with Crippen LogP contribution in [0.15, 0.2) is 18.2 Å². The third-order valence-electron chi connectivity index (χ3n) is 3.27. The summed E-state index contributed by atoms with van der Waals surface area (Å²) >= 11 is 0. The molecule has 0 aromatic heterocycles. The first-order valence-electron chi connectivity index (χ1n) is 7.38. The van der Waals surface area contributed by atoms with Crippen molar-refractivity contribution in [1.29, 1.82) is 0 Å². The zero-order valence-corrected chi connectivity index (χ0v) is 13.7. The number of rotatable bonds is 7. The van der Waals surface area contributed by atoms with Crippen molar-refractivity contribution in [2.24, 2.45) is 0 Å². The number of hydrogen-bond donors (Lipinski definition) is 1. The fourth-order valence-electron chi connectivity index (χ4n) is 1.77. The quantitative estimate of drug-likeness (QED) is 0.821. The van der Waals surface area contributed by atoms with Gasteiger partial charge in [-0.2, -0.15) is 0 Å². The van der Waals surface area contributed by atoms with Gasteiger partial charge in [0, 0.05) is 17.6 Å². The van der Waals surface area contributed by atoms with E-state index in [0.29, 0.717) is 6.61 Å². The molecule has 0 amide bonds. The van der Waals surface area contributed by atoms with E-state index in [1.807, 2.05) is 6.07 Å². The number of nitrogens with one attached hydrogen (secondary N) is 1. The highest BCUT2D eigenvalue weighted by molar-refractivity contribution is 5.37. The summed E-state index contributed by atoms with van der Waals surface area (Å²) in [5.41, 5.74) is 2.48. The maximum atomic E-state index is 5.82. The van der Waals surface area contributed by atoms with Crippen molar-refractivity contribution in [3.05, 3.63) is 29.3 Å². The third kappa shape index (κ3) is 5.93. The molecule has 0 saturated heterocycles. The van der Waals surface area contributed by atoms with Crippen molar-refractivity contribution < 1.29 is 9.47 Å². The van der Waals surface area contributed by atoms with Gasteiger partial charge in [-0.3, -0.25) is 0 Å². The van der Waals surface area contributed by atoms with Gasteiger partial charge in [-0.1, -0.05) is 13.0 Å². The molecule has 3 heteroatoms. The summed E-state index contributed by atoms with van der Waals surface area (Å²) in [4.78, 5) is 0. The molecule has 0 aliphatic carbocycles. The minimum atomic E-state index is 0.118. The van der Waals surface area contributed by atoms with Crippen molar-refractivity contribution in [3.63, 3.8) is 0 Å². The molecule has 1 N–H and O–H groups in total. The Morgan fingerprint density at radius 3 is 2.50 bits per heavy atom. The molecular formula is C17H29NO2. The molecule has 0 aliphatic heterocycles. The Kier molecular flexibility index (Phi) is 6.50. The molecule has 1 aromatic rings. The molecule has 0 spiro atoms. The lowest BCUT2D eigenvalue weighted by Gasteiger charge is -2.21. The van der Waals surface area contributed by atoms with Crippen molar-refractivity contribution >= 4 is 0 Å². The van der Waals surface area contributed by atoms with Gasteiger partial charge in [0.1, 0.15) is 5.75 Å². The predicted octanol–water partition coefficient (Wildman–Crippen LogP) is 3.90. The van der Waals surface area contributed by atoms with E-state index < -0.39 is 0 Å². The summed E-state index contributed by atoms with van der Waals surface area (Å²) in [7, 11) is 1.70. The number of hydrogen-bond acceptors (Lipinski definition) is 3. The molecule has 0 radical (unpaired) electrons. The second kappa shape index (κ2) is 7.65. The van der Waals surface area contributed by atoms with Crippen molar-refractivity contribution in [2.75, 3.05) is 7.11 Å². The van der Waals surface area contributed by atoms with Crippen LogP contribution >= 0.6 is 0 Å². The van der Waals surface area contributed by atoms with Crippen LogP contribution < -0.4 is 10.1 Å². The number of benzene rings is 1. The molecule has 20 heavy (non-hydrogen) atoms. The van der Waals surface area contributed by atoms with Gasteiger partial charge in [0.2, 0.25) is 0 Å². The minimum Gasteiger partial charge on any atom is -0.496 e. The van der Waals surface area contributed by atoms with E-state index in [9.17, 15) is 0 Å². The Morgan fingerprint density at radius 1 is 1.25 bits per heavy atom. The Hall–Kier alpha value is -1.06. The first-order chi connectivity index (χ1) is 9.35. The number of methoxy groups -OCH3 is 1. The summed E-state index contributed by atoms with van der Waals surface area (Å²) in [6, 6.07) is 6.29. The van der Waals surface area contributed by atoms with Gasteiger partial charge in [-0.15, -0.1) is 0 Å². The largest absolute Gasteiger partial charge is 0.496 e. The van der Waals surface area contributed by atoms with Crippen LogP contribution in [0.4, 0.5) is 0 Å². The summed E-state index contributed by atoms with van der Waals surface area (Å²) in [6.45, 7) is 12.2. The topological polar surface area (TPSA) is 30.5 Å². The van der Waals surface area contributed by atoms with Gasteiger partial charge in [0.25, 0.3) is 0 Å². The maximum absolute atomic E-state index is 5.82. The predicted molar refractivity (Wildman–Crippen MR) is 84.1 cm³/mol. The van der Waals surface area contributed by atoms with E-state index in [1.165, 1.54) is 5.56 Å². The van der Waals surface area contributed by atoms with E-state index >= 15 is 0 Å². The summed E-state index contributed by atoms with van der Waals surface area (Å²) in [6.07, 6.45) is 1.30. The average Bonchev–Trinajstić information content (AvgIpc) is 2.41. The fraction of sp³-hybridized carbons (Fsp3) is 0.647. The van der Waals surface area contributed by atoms with E-state index in [4.69, 9.17) is 9.47 Å². The molecule has 1 atom stereocenters. The van der Waals surface area contributed by atoms with Gasteiger partial charge >= 0.3 is 0 Å². The lowest BCUT2D eigenvalue weighted by Crippen LogP contribution is -2.35. The molecule has 0 bridgehead atoms. The smallest absolute Gasteiger partial charge is 0.124 e. The SMILES string of the molecule is CCC(C)OCc1cc(CNC(C)(C)C)ccc1OC.